The number of hydrogen-bond donors (Lipinski definition) is 2. The normalized spacial score (nSPS) is 14.2. The Hall–Kier alpha value is -0.870. The number of benzene rings is 1. The summed E-state index contributed by atoms with van der Waals surface area (Å²) in [5, 5.41) is 12.1. The van der Waals surface area contributed by atoms with Crippen LogP contribution in [-0.2, 0) is 0 Å². The number of halogens is 1. The van der Waals surface area contributed by atoms with Crippen LogP contribution >= 0.6 is 15.9 Å². The molecule has 0 radical (unpaired) electrons. The van der Waals surface area contributed by atoms with Crippen molar-refractivity contribution in [3.05, 3.63) is 34.3 Å². The fourth-order valence-corrected chi connectivity index (χ4v) is 1.69. The van der Waals surface area contributed by atoms with Crippen molar-refractivity contribution >= 4 is 21.8 Å². The third-order valence-electron chi connectivity index (χ3n) is 2.66. The fourth-order valence-electron chi connectivity index (χ4n) is 1.23. The van der Waals surface area contributed by atoms with Gasteiger partial charge in [-0.1, -0.05) is 19.1 Å². The SMILES string of the molecule is CCC(C)(CO)NC(=O)c1ccccc1Br. The molecule has 3 nitrogen and oxygen atoms in total. The molecule has 0 aliphatic heterocycles. The zero-order valence-electron chi connectivity index (χ0n) is 9.46. The first-order chi connectivity index (χ1) is 7.52. The van der Waals surface area contributed by atoms with Crippen molar-refractivity contribution in [3.8, 4) is 0 Å². The van der Waals surface area contributed by atoms with Gasteiger partial charge in [0.05, 0.1) is 17.7 Å². The number of amides is 1. The Kier molecular flexibility index (Phi) is 4.50. The van der Waals surface area contributed by atoms with Gasteiger partial charge in [0.1, 0.15) is 0 Å². The van der Waals surface area contributed by atoms with Crippen molar-refractivity contribution in [2.24, 2.45) is 0 Å². The minimum absolute atomic E-state index is 0.0697. The van der Waals surface area contributed by atoms with Crippen LogP contribution in [0.2, 0.25) is 0 Å². The van der Waals surface area contributed by atoms with Crippen molar-refractivity contribution in [2.75, 3.05) is 6.61 Å². The number of aliphatic hydroxyl groups excluding tert-OH is 1. The number of rotatable bonds is 4. The molecule has 2 N–H and O–H groups in total. The largest absolute Gasteiger partial charge is 0.394 e. The molecule has 0 saturated carbocycles. The number of nitrogens with one attached hydrogen (secondary N) is 1. The van der Waals surface area contributed by atoms with Gasteiger partial charge in [-0.3, -0.25) is 4.79 Å². The topological polar surface area (TPSA) is 49.3 Å². The van der Waals surface area contributed by atoms with E-state index in [0.717, 1.165) is 4.47 Å². The highest BCUT2D eigenvalue weighted by molar-refractivity contribution is 9.10. The highest BCUT2D eigenvalue weighted by atomic mass is 79.9. The molecule has 1 atom stereocenters. The highest BCUT2D eigenvalue weighted by Crippen LogP contribution is 2.17. The summed E-state index contributed by atoms with van der Waals surface area (Å²) in [5.41, 5.74) is 0.0162. The maximum absolute atomic E-state index is 11.9. The molecule has 1 aromatic carbocycles. The number of carbonyl (C=O) groups is 1. The molecule has 0 aliphatic carbocycles. The molecular weight excluding hydrogens is 270 g/mol. The molecular formula is C12H16BrNO2. The van der Waals surface area contributed by atoms with Gasteiger partial charge in [-0.15, -0.1) is 0 Å². The predicted molar refractivity (Wildman–Crippen MR) is 67.4 cm³/mol. The summed E-state index contributed by atoms with van der Waals surface area (Å²) in [6.07, 6.45) is 0.680. The van der Waals surface area contributed by atoms with Crippen LogP contribution in [0.25, 0.3) is 0 Å². The van der Waals surface area contributed by atoms with Gasteiger partial charge >= 0.3 is 0 Å². The molecule has 4 heteroatoms. The molecule has 1 rings (SSSR count). The smallest absolute Gasteiger partial charge is 0.252 e. The lowest BCUT2D eigenvalue weighted by molar-refractivity contribution is 0.0846. The third kappa shape index (κ3) is 3.06. The lowest BCUT2D eigenvalue weighted by Crippen LogP contribution is -2.48. The zero-order valence-corrected chi connectivity index (χ0v) is 11.0. The second kappa shape index (κ2) is 5.46. The van der Waals surface area contributed by atoms with E-state index in [1.54, 1.807) is 6.07 Å². The summed E-state index contributed by atoms with van der Waals surface area (Å²) in [5.74, 6) is -0.175. The Bertz CT molecular complexity index is 375. The average Bonchev–Trinajstić information content (AvgIpc) is 2.29. The van der Waals surface area contributed by atoms with Gasteiger partial charge < -0.3 is 10.4 Å². The molecule has 0 fully saturated rings. The second-order valence-electron chi connectivity index (χ2n) is 4.01. The molecule has 0 saturated heterocycles. The summed E-state index contributed by atoms with van der Waals surface area (Å²) < 4.78 is 0.754. The summed E-state index contributed by atoms with van der Waals surface area (Å²) in [6, 6.07) is 7.22. The maximum atomic E-state index is 11.9. The van der Waals surface area contributed by atoms with Crippen molar-refractivity contribution in [1.29, 1.82) is 0 Å². The van der Waals surface area contributed by atoms with Crippen molar-refractivity contribution in [3.63, 3.8) is 0 Å². The van der Waals surface area contributed by atoms with Crippen LogP contribution < -0.4 is 5.32 Å². The Morgan fingerprint density at radius 2 is 2.12 bits per heavy atom. The van der Waals surface area contributed by atoms with E-state index in [1.165, 1.54) is 0 Å². The lowest BCUT2D eigenvalue weighted by Gasteiger charge is -2.27. The molecule has 1 unspecified atom stereocenters. The van der Waals surface area contributed by atoms with Crippen LogP contribution in [0.3, 0.4) is 0 Å². The van der Waals surface area contributed by atoms with E-state index in [9.17, 15) is 9.90 Å². The van der Waals surface area contributed by atoms with Crippen LogP contribution in [0.1, 0.15) is 30.6 Å². The molecule has 0 spiro atoms. The van der Waals surface area contributed by atoms with Crippen molar-refractivity contribution in [1.82, 2.24) is 5.32 Å². The lowest BCUT2D eigenvalue weighted by atomic mass is 9.99. The van der Waals surface area contributed by atoms with Crippen molar-refractivity contribution in [2.45, 2.75) is 25.8 Å². The first-order valence-corrected chi connectivity index (χ1v) is 5.99. The standard InChI is InChI=1S/C12H16BrNO2/c1-3-12(2,8-15)14-11(16)9-6-4-5-7-10(9)13/h4-7,15H,3,8H2,1-2H3,(H,14,16). The summed E-state index contributed by atoms with van der Waals surface area (Å²) in [6.45, 7) is 3.68. The fraction of sp³-hybridized carbons (Fsp3) is 0.417. The Balaban J connectivity index is 2.84. The third-order valence-corrected chi connectivity index (χ3v) is 3.35. The summed E-state index contributed by atoms with van der Waals surface area (Å²) >= 11 is 3.32. The second-order valence-corrected chi connectivity index (χ2v) is 4.86. The van der Waals surface area contributed by atoms with Crippen LogP contribution in [0.15, 0.2) is 28.7 Å². The molecule has 0 bridgehead atoms. The minimum atomic E-state index is -0.563. The molecule has 88 valence electrons. The van der Waals surface area contributed by atoms with E-state index in [2.05, 4.69) is 21.2 Å². The van der Waals surface area contributed by atoms with Crippen molar-refractivity contribution < 1.29 is 9.90 Å². The van der Waals surface area contributed by atoms with Gasteiger partial charge in [-0.25, -0.2) is 0 Å². The van der Waals surface area contributed by atoms with E-state index >= 15 is 0 Å². The van der Waals surface area contributed by atoms with Crippen LogP contribution in [0.5, 0.6) is 0 Å². The molecule has 0 aliphatic rings. The molecule has 0 aromatic heterocycles. The van der Waals surface area contributed by atoms with E-state index in [1.807, 2.05) is 32.0 Å². The van der Waals surface area contributed by atoms with Crippen LogP contribution in [0, 0.1) is 0 Å². The van der Waals surface area contributed by atoms with Gasteiger partial charge in [-0.05, 0) is 41.4 Å². The Morgan fingerprint density at radius 1 is 1.50 bits per heavy atom. The predicted octanol–water partition coefficient (Wildman–Crippen LogP) is 2.34. The molecule has 0 heterocycles. The minimum Gasteiger partial charge on any atom is -0.394 e. The monoisotopic (exact) mass is 285 g/mol. The van der Waals surface area contributed by atoms with E-state index in [-0.39, 0.29) is 12.5 Å². The van der Waals surface area contributed by atoms with Gasteiger partial charge in [0, 0.05) is 4.47 Å². The van der Waals surface area contributed by atoms with Gasteiger partial charge in [0.15, 0.2) is 0 Å². The average molecular weight is 286 g/mol. The van der Waals surface area contributed by atoms with E-state index in [0.29, 0.717) is 12.0 Å². The number of carbonyl (C=O) groups excluding carboxylic acids is 1. The van der Waals surface area contributed by atoms with E-state index in [4.69, 9.17) is 0 Å². The molecule has 1 amide bonds. The number of hydrogen-bond acceptors (Lipinski definition) is 2. The van der Waals surface area contributed by atoms with Gasteiger partial charge in [0.25, 0.3) is 5.91 Å². The van der Waals surface area contributed by atoms with Gasteiger partial charge in [-0.2, -0.15) is 0 Å². The maximum Gasteiger partial charge on any atom is 0.252 e. The number of aliphatic hydroxyl groups is 1. The van der Waals surface area contributed by atoms with Crippen LogP contribution in [0.4, 0.5) is 0 Å². The molecule has 1 aromatic rings. The summed E-state index contributed by atoms with van der Waals surface area (Å²) in [4.78, 5) is 11.9. The quantitative estimate of drug-likeness (QED) is 0.892. The first-order valence-electron chi connectivity index (χ1n) is 5.20. The van der Waals surface area contributed by atoms with Gasteiger partial charge in [0.2, 0.25) is 0 Å². The Morgan fingerprint density at radius 3 is 2.62 bits per heavy atom. The molecule has 16 heavy (non-hydrogen) atoms. The first kappa shape index (κ1) is 13.2. The highest BCUT2D eigenvalue weighted by Gasteiger charge is 2.24. The van der Waals surface area contributed by atoms with Crippen LogP contribution in [-0.4, -0.2) is 23.2 Å². The summed E-state index contributed by atoms with van der Waals surface area (Å²) in [7, 11) is 0. The van der Waals surface area contributed by atoms with E-state index < -0.39 is 5.54 Å². The Labute approximate surface area is 104 Å². The zero-order chi connectivity index (χ0) is 12.2.